The third-order valence-electron chi connectivity index (χ3n) is 2.29. The Bertz CT molecular complexity index is 377. The van der Waals surface area contributed by atoms with Crippen molar-refractivity contribution in [2.45, 2.75) is 32.8 Å². The summed E-state index contributed by atoms with van der Waals surface area (Å²) < 4.78 is 5.57. The highest BCUT2D eigenvalue weighted by atomic mass is 16.5. The van der Waals surface area contributed by atoms with E-state index in [1.165, 1.54) is 6.07 Å². The number of para-hydroxylation sites is 1. The molecule has 3 N–H and O–H groups in total. The lowest BCUT2D eigenvalue weighted by atomic mass is 10.1. The highest BCUT2D eigenvalue weighted by molar-refractivity contribution is 5.93. The van der Waals surface area contributed by atoms with Gasteiger partial charge in [0, 0.05) is 0 Å². The summed E-state index contributed by atoms with van der Waals surface area (Å²) in [6.45, 7) is 3.95. The summed E-state index contributed by atoms with van der Waals surface area (Å²) in [7, 11) is 0. The van der Waals surface area contributed by atoms with Gasteiger partial charge < -0.3 is 15.6 Å². The fourth-order valence-electron chi connectivity index (χ4n) is 1.52. The Kier molecular flexibility index (Phi) is 4.17. The highest BCUT2D eigenvalue weighted by Crippen LogP contribution is 2.28. The van der Waals surface area contributed by atoms with E-state index in [9.17, 15) is 4.79 Å². The Morgan fingerprint density at radius 2 is 2.25 bits per heavy atom. The van der Waals surface area contributed by atoms with Crippen LogP contribution in [0, 0.1) is 0 Å². The van der Waals surface area contributed by atoms with Crippen LogP contribution in [0.1, 0.15) is 37.0 Å². The molecule has 0 amide bonds. The van der Waals surface area contributed by atoms with E-state index < -0.39 is 5.97 Å². The summed E-state index contributed by atoms with van der Waals surface area (Å²) in [5.74, 6) is -0.748. The molecular weight excluding hydrogens is 206 g/mol. The SMILES string of the molecule is CCCC(C)Oc1c(N)cccc1C(=O)O. The molecule has 0 fully saturated rings. The zero-order chi connectivity index (χ0) is 12.1. The van der Waals surface area contributed by atoms with E-state index in [4.69, 9.17) is 15.6 Å². The molecule has 0 aliphatic carbocycles. The van der Waals surface area contributed by atoms with Gasteiger partial charge in [-0.25, -0.2) is 4.79 Å². The van der Waals surface area contributed by atoms with Gasteiger partial charge in [0.25, 0.3) is 0 Å². The van der Waals surface area contributed by atoms with Crippen LogP contribution < -0.4 is 10.5 Å². The van der Waals surface area contributed by atoms with Gasteiger partial charge in [-0.2, -0.15) is 0 Å². The fourth-order valence-corrected chi connectivity index (χ4v) is 1.52. The molecule has 4 nitrogen and oxygen atoms in total. The Labute approximate surface area is 95.0 Å². The maximum atomic E-state index is 11.0. The highest BCUT2D eigenvalue weighted by Gasteiger charge is 2.15. The van der Waals surface area contributed by atoms with Gasteiger partial charge in [-0.1, -0.05) is 19.4 Å². The van der Waals surface area contributed by atoms with Crippen molar-refractivity contribution in [1.29, 1.82) is 0 Å². The van der Waals surface area contributed by atoms with Crippen LogP contribution in [-0.2, 0) is 0 Å². The number of benzene rings is 1. The molecule has 1 aromatic carbocycles. The van der Waals surface area contributed by atoms with Crippen molar-refractivity contribution in [3.8, 4) is 5.75 Å². The lowest BCUT2D eigenvalue weighted by molar-refractivity contribution is 0.0689. The molecule has 1 aromatic rings. The topological polar surface area (TPSA) is 72.5 Å². The Morgan fingerprint density at radius 1 is 1.56 bits per heavy atom. The number of anilines is 1. The first-order valence-corrected chi connectivity index (χ1v) is 5.34. The van der Waals surface area contributed by atoms with Crippen molar-refractivity contribution in [2.75, 3.05) is 5.73 Å². The second-order valence-corrected chi connectivity index (χ2v) is 3.75. The summed E-state index contributed by atoms with van der Waals surface area (Å²) in [5.41, 5.74) is 6.19. The van der Waals surface area contributed by atoms with Gasteiger partial charge in [-0.3, -0.25) is 0 Å². The first kappa shape index (κ1) is 12.4. The standard InChI is InChI=1S/C12H17NO3/c1-3-5-8(2)16-11-9(12(14)15)6-4-7-10(11)13/h4,6-8H,3,5,13H2,1-2H3,(H,14,15). The summed E-state index contributed by atoms with van der Waals surface area (Å²) in [6, 6.07) is 4.74. The third kappa shape index (κ3) is 2.89. The molecule has 0 bridgehead atoms. The molecule has 16 heavy (non-hydrogen) atoms. The Balaban J connectivity index is 2.97. The van der Waals surface area contributed by atoms with Crippen molar-refractivity contribution in [3.05, 3.63) is 23.8 Å². The van der Waals surface area contributed by atoms with Gasteiger partial charge in [-0.05, 0) is 25.5 Å². The van der Waals surface area contributed by atoms with Gasteiger partial charge in [0.15, 0.2) is 5.75 Å². The van der Waals surface area contributed by atoms with Crippen molar-refractivity contribution >= 4 is 11.7 Å². The number of carboxylic acids is 1. The number of nitrogens with two attached hydrogens (primary N) is 1. The van der Waals surface area contributed by atoms with E-state index >= 15 is 0 Å². The molecule has 4 heteroatoms. The summed E-state index contributed by atoms with van der Waals surface area (Å²) in [5, 5.41) is 9.00. The summed E-state index contributed by atoms with van der Waals surface area (Å²) in [4.78, 5) is 11.0. The smallest absolute Gasteiger partial charge is 0.339 e. The Morgan fingerprint density at radius 3 is 2.81 bits per heavy atom. The Hall–Kier alpha value is -1.71. The molecule has 0 aliphatic heterocycles. The van der Waals surface area contributed by atoms with Crippen molar-refractivity contribution in [3.63, 3.8) is 0 Å². The average Bonchev–Trinajstić information content (AvgIpc) is 2.21. The number of carboxylic acid groups (broad SMARTS) is 1. The molecule has 0 radical (unpaired) electrons. The maximum Gasteiger partial charge on any atom is 0.339 e. The monoisotopic (exact) mass is 223 g/mol. The molecule has 0 saturated heterocycles. The van der Waals surface area contributed by atoms with E-state index in [-0.39, 0.29) is 17.4 Å². The number of ether oxygens (including phenoxy) is 1. The van der Waals surface area contributed by atoms with E-state index in [0.717, 1.165) is 12.8 Å². The lowest BCUT2D eigenvalue weighted by Crippen LogP contribution is -2.15. The van der Waals surface area contributed by atoms with Gasteiger partial charge in [0.2, 0.25) is 0 Å². The molecule has 1 unspecified atom stereocenters. The molecule has 1 atom stereocenters. The van der Waals surface area contributed by atoms with Crippen molar-refractivity contribution in [1.82, 2.24) is 0 Å². The van der Waals surface area contributed by atoms with Crippen LogP contribution in [0.25, 0.3) is 0 Å². The summed E-state index contributed by atoms with van der Waals surface area (Å²) in [6.07, 6.45) is 1.82. The number of carbonyl (C=O) groups is 1. The van der Waals surface area contributed by atoms with Gasteiger partial charge in [-0.15, -0.1) is 0 Å². The molecule has 0 spiro atoms. The molecule has 0 aliphatic rings. The molecule has 0 heterocycles. The molecule has 0 saturated carbocycles. The zero-order valence-corrected chi connectivity index (χ0v) is 9.56. The van der Waals surface area contributed by atoms with Crippen molar-refractivity contribution < 1.29 is 14.6 Å². The van der Waals surface area contributed by atoms with Gasteiger partial charge in [0.1, 0.15) is 5.56 Å². The first-order chi connectivity index (χ1) is 7.56. The van der Waals surface area contributed by atoms with Gasteiger partial charge >= 0.3 is 5.97 Å². The van der Waals surface area contributed by atoms with Crippen molar-refractivity contribution in [2.24, 2.45) is 0 Å². The number of nitrogen functional groups attached to an aromatic ring is 1. The number of rotatable bonds is 5. The molecular formula is C12H17NO3. The van der Waals surface area contributed by atoms with Crippen LogP contribution in [0.15, 0.2) is 18.2 Å². The van der Waals surface area contributed by atoms with E-state index in [1.807, 2.05) is 13.8 Å². The minimum absolute atomic E-state index is 0.0344. The van der Waals surface area contributed by atoms with Crippen LogP contribution in [0.2, 0.25) is 0 Å². The second kappa shape index (κ2) is 5.39. The minimum Gasteiger partial charge on any atom is -0.488 e. The zero-order valence-electron chi connectivity index (χ0n) is 9.56. The predicted molar refractivity (Wildman–Crippen MR) is 62.8 cm³/mol. The molecule has 1 rings (SSSR count). The van der Waals surface area contributed by atoms with Crippen LogP contribution >= 0.6 is 0 Å². The number of hydrogen-bond acceptors (Lipinski definition) is 3. The second-order valence-electron chi connectivity index (χ2n) is 3.75. The number of aromatic carboxylic acids is 1. The molecule has 88 valence electrons. The van der Waals surface area contributed by atoms with Crippen LogP contribution in [0.5, 0.6) is 5.75 Å². The van der Waals surface area contributed by atoms with E-state index in [2.05, 4.69) is 0 Å². The predicted octanol–water partition coefficient (Wildman–Crippen LogP) is 2.53. The minimum atomic E-state index is -1.02. The lowest BCUT2D eigenvalue weighted by Gasteiger charge is -2.17. The quantitative estimate of drug-likeness (QED) is 0.752. The normalized spacial score (nSPS) is 12.1. The largest absolute Gasteiger partial charge is 0.488 e. The van der Waals surface area contributed by atoms with E-state index in [1.54, 1.807) is 12.1 Å². The van der Waals surface area contributed by atoms with Crippen LogP contribution in [-0.4, -0.2) is 17.2 Å². The van der Waals surface area contributed by atoms with E-state index in [0.29, 0.717) is 5.69 Å². The third-order valence-corrected chi connectivity index (χ3v) is 2.29. The maximum absolute atomic E-state index is 11.0. The fraction of sp³-hybridized carbons (Fsp3) is 0.417. The molecule has 0 aromatic heterocycles. The van der Waals surface area contributed by atoms with Gasteiger partial charge in [0.05, 0.1) is 11.8 Å². The average molecular weight is 223 g/mol. The van der Waals surface area contributed by atoms with Crippen LogP contribution in [0.3, 0.4) is 0 Å². The number of hydrogen-bond donors (Lipinski definition) is 2. The first-order valence-electron chi connectivity index (χ1n) is 5.34. The van der Waals surface area contributed by atoms with Crippen LogP contribution in [0.4, 0.5) is 5.69 Å². The summed E-state index contributed by atoms with van der Waals surface area (Å²) >= 11 is 0.